The maximum atomic E-state index is 12.5. The standard InChI is InChI=1S/C20H19NO3S/c1-13(10-14-12-25-19-9-5-2-6-15(14)19)21-20(22)18-11-23-16-7-3-4-8-17(16)24-18/h2-9,12-13,18H,10-11H2,1H3,(H,21,22). The minimum Gasteiger partial charge on any atom is -0.485 e. The lowest BCUT2D eigenvalue weighted by atomic mass is 10.1. The summed E-state index contributed by atoms with van der Waals surface area (Å²) in [7, 11) is 0. The summed E-state index contributed by atoms with van der Waals surface area (Å²) in [5.41, 5.74) is 1.26. The van der Waals surface area contributed by atoms with Gasteiger partial charge in [0.1, 0.15) is 6.61 Å². The first-order valence-electron chi connectivity index (χ1n) is 8.34. The molecular formula is C20H19NO3S. The predicted octanol–water partition coefficient (Wildman–Crippen LogP) is 3.79. The monoisotopic (exact) mass is 353 g/mol. The highest BCUT2D eigenvalue weighted by atomic mass is 32.1. The van der Waals surface area contributed by atoms with E-state index < -0.39 is 6.10 Å². The Morgan fingerprint density at radius 3 is 2.84 bits per heavy atom. The zero-order valence-corrected chi connectivity index (χ0v) is 14.7. The summed E-state index contributed by atoms with van der Waals surface area (Å²) >= 11 is 1.74. The van der Waals surface area contributed by atoms with Gasteiger partial charge in [0, 0.05) is 10.7 Å². The lowest BCUT2D eigenvalue weighted by molar-refractivity contribution is -0.130. The highest BCUT2D eigenvalue weighted by molar-refractivity contribution is 7.17. The van der Waals surface area contributed by atoms with E-state index in [-0.39, 0.29) is 18.6 Å². The number of hydrogen-bond acceptors (Lipinski definition) is 4. The van der Waals surface area contributed by atoms with E-state index >= 15 is 0 Å². The molecule has 25 heavy (non-hydrogen) atoms. The first-order valence-corrected chi connectivity index (χ1v) is 9.22. The number of fused-ring (bicyclic) bond motifs is 2. The summed E-state index contributed by atoms with van der Waals surface area (Å²) in [6, 6.07) is 15.8. The summed E-state index contributed by atoms with van der Waals surface area (Å²) in [5.74, 6) is 1.16. The molecule has 1 aromatic heterocycles. The summed E-state index contributed by atoms with van der Waals surface area (Å²) in [6.45, 7) is 2.25. The molecule has 1 N–H and O–H groups in total. The first kappa shape index (κ1) is 16.0. The number of thiophene rings is 1. The van der Waals surface area contributed by atoms with Crippen LogP contribution in [0.3, 0.4) is 0 Å². The lowest BCUT2D eigenvalue weighted by Gasteiger charge is -2.26. The van der Waals surface area contributed by atoms with Gasteiger partial charge in [-0.2, -0.15) is 0 Å². The molecule has 2 aromatic carbocycles. The third-order valence-electron chi connectivity index (χ3n) is 4.28. The van der Waals surface area contributed by atoms with Gasteiger partial charge in [-0.05, 0) is 47.9 Å². The van der Waals surface area contributed by atoms with E-state index in [1.165, 1.54) is 15.6 Å². The Labute approximate surface area is 150 Å². The molecule has 0 aliphatic carbocycles. The smallest absolute Gasteiger partial charge is 0.264 e. The molecule has 2 unspecified atom stereocenters. The number of rotatable bonds is 4. The third kappa shape index (κ3) is 3.33. The van der Waals surface area contributed by atoms with Gasteiger partial charge in [-0.3, -0.25) is 4.79 Å². The Balaban J connectivity index is 1.39. The van der Waals surface area contributed by atoms with Crippen molar-refractivity contribution in [3.8, 4) is 11.5 Å². The van der Waals surface area contributed by atoms with Crippen LogP contribution in [0.15, 0.2) is 53.9 Å². The third-order valence-corrected chi connectivity index (χ3v) is 5.29. The molecule has 4 nitrogen and oxygen atoms in total. The van der Waals surface area contributed by atoms with E-state index in [1.54, 1.807) is 11.3 Å². The Morgan fingerprint density at radius 2 is 1.96 bits per heavy atom. The van der Waals surface area contributed by atoms with Crippen molar-refractivity contribution >= 4 is 27.3 Å². The zero-order valence-electron chi connectivity index (χ0n) is 13.9. The molecule has 5 heteroatoms. The van der Waals surface area contributed by atoms with Gasteiger partial charge in [-0.1, -0.05) is 30.3 Å². The quantitative estimate of drug-likeness (QED) is 0.776. The van der Waals surface area contributed by atoms with Gasteiger partial charge in [-0.25, -0.2) is 0 Å². The van der Waals surface area contributed by atoms with Gasteiger partial charge >= 0.3 is 0 Å². The minimum atomic E-state index is -0.614. The summed E-state index contributed by atoms with van der Waals surface area (Å²) < 4.78 is 12.7. The van der Waals surface area contributed by atoms with Crippen LogP contribution in [0.5, 0.6) is 11.5 Å². The fourth-order valence-electron chi connectivity index (χ4n) is 3.06. The maximum Gasteiger partial charge on any atom is 0.264 e. The largest absolute Gasteiger partial charge is 0.485 e. The molecule has 1 aliphatic heterocycles. The van der Waals surface area contributed by atoms with Crippen LogP contribution in [0.25, 0.3) is 10.1 Å². The molecule has 4 rings (SSSR count). The Bertz CT molecular complexity index is 905. The van der Waals surface area contributed by atoms with E-state index in [0.717, 1.165) is 6.42 Å². The number of ether oxygens (including phenoxy) is 2. The fourth-order valence-corrected chi connectivity index (χ4v) is 4.03. The van der Waals surface area contributed by atoms with E-state index in [1.807, 2.05) is 43.3 Å². The average Bonchev–Trinajstić information content (AvgIpc) is 3.04. The number of carbonyl (C=O) groups is 1. The normalized spacial score (nSPS) is 17.2. The van der Waals surface area contributed by atoms with Gasteiger partial charge in [0.05, 0.1) is 0 Å². The van der Waals surface area contributed by atoms with Crippen LogP contribution in [0.4, 0.5) is 0 Å². The molecule has 1 amide bonds. The van der Waals surface area contributed by atoms with Crippen molar-refractivity contribution in [1.29, 1.82) is 0 Å². The predicted molar refractivity (Wildman–Crippen MR) is 99.5 cm³/mol. The first-order chi connectivity index (χ1) is 12.2. The van der Waals surface area contributed by atoms with Crippen molar-refractivity contribution in [3.63, 3.8) is 0 Å². The molecule has 0 saturated heterocycles. The minimum absolute atomic E-state index is 0.0197. The zero-order chi connectivity index (χ0) is 17.2. The van der Waals surface area contributed by atoms with Crippen molar-refractivity contribution in [1.82, 2.24) is 5.32 Å². The summed E-state index contributed by atoms with van der Waals surface area (Å²) in [6.07, 6.45) is 0.177. The maximum absolute atomic E-state index is 12.5. The van der Waals surface area contributed by atoms with Crippen LogP contribution in [-0.4, -0.2) is 24.7 Å². The van der Waals surface area contributed by atoms with Crippen LogP contribution in [0.2, 0.25) is 0 Å². The van der Waals surface area contributed by atoms with E-state index in [0.29, 0.717) is 11.5 Å². The van der Waals surface area contributed by atoms with Crippen molar-refractivity contribution in [2.24, 2.45) is 0 Å². The number of amides is 1. The molecule has 1 aliphatic rings. The fraction of sp³-hybridized carbons (Fsp3) is 0.250. The summed E-state index contributed by atoms with van der Waals surface area (Å²) in [4.78, 5) is 12.5. The van der Waals surface area contributed by atoms with E-state index in [4.69, 9.17) is 9.47 Å². The SMILES string of the molecule is CC(Cc1csc2ccccc12)NC(=O)C1COc2ccccc2O1. The molecule has 0 fully saturated rings. The molecule has 0 radical (unpaired) electrons. The highest BCUT2D eigenvalue weighted by Crippen LogP contribution is 2.31. The Kier molecular flexibility index (Phi) is 4.32. The number of para-hydroxylation sites is 2. The molecule has 0 spiro atoms. The van der Waals surface area contributed by atoms with Crippen molar-refractivity contribution in [2.45, 2.75) is 25.5 Å². The Hall–Kier alpha value is -2.53. The van der Waals surface area contributed by atoms with Gasteiger partial charge in [-0.15, -0.1) is 11.3 Å². The molecule has 0 saturated carbocycles. The Morgan fingerprint density at radius 1 is 1.20 bits per heavy atom. The second-order valence-corrected chi connectivity index (χ2v) is 7.15. The van der Waals surface area contributed by atoms with Crippen molar-refractivity contribution in [3.05, 3.63) is 59.5 Å². The van der Waals surface area contributed by atoms with Gasteiger partial charge in [0.25, 0.3) is 5.91 Å². The molecule has 128 valence electrons. The van der Waals surface area contributed by atoms with E-state index in [2.05, 4.69) is 22.8 Å². The van der Waals surface area contributed by atoms with Crippen LogP contribution in [-0.2, 0) is 11.2 Å². The number of hydrogen-bond donors (Lipinski definition) is 1. The molecule has 3 aromatic rings. The topological polar surface area (TPSA) is 47.6 Å². The van der Waals surface area contributed by atoms with Crippen molar-refractivity contribution in [2.75, 3.05) is 6.61 Å². The number of nitrogens with one attached hydrogen (secondary N) is 1. The van der Waals surface area contributed by atoms with E-state index in [9.17, 15) is 4.79 Å². The van der Waals surface area contributed by atoms with Gasteiger partial charge in [0.2, 0.25) is 6.10 Å². The van der Waals surface area contributed by atoms with Crippen molar-refractivity contribution < 1.29 is 14.3 Å². The van der Waals surface area contributed by atoms with Crippen LogP contribution in [0.1, 0.15) is 12.5 Å². The number of benzene rings is 2. The molecular weight excluding hydrogens is 334 g/mol. The average molecular weight is 353 g/mol. The van der Waals surface area contributed by atoms with Crippen LogP contribution in [0, 0.1) is 0 Å². The number of carbonyl (C=O) groups excluding carboxylic acids is 1. The lowest BCUT2D eigenvalue weighted by Crippen LogP contribution is -2.47. The van der Waals surface area contributed by atoms with Gasteiger partial charge in [0.15, 0.2) is 11.5 Å². The second-order valence-electron chi connectivity index (χ2n) is 6.24. The summed E-state index contributed by atoms with van der Waals surface area (Å²) in [5, 5.41) is 6.48. The molecule has 2 atom stereocenters. The van der Waals surface area contributed by atoms with Gasteiger partial charge < -0.3 is 14.8 Å². The van der Waals surface area contributed by atoms with Crippen LogP contribution < -0.4 is 14.8 Å². The second kappa shape index (κ2) is 6.76. The molecule has 2 heterocycles. The highest BCUT2D eigenvalue weighted by Gasteiger charge is 2.28. The molecule has 0 bridgehead atoms. The van der Waals surface area contributed by atoms with Crippen LogP contribution >= 0.6 is 11.3 Å².